The van der Waals surface area contributed by atoms with Gasteiger partial charge in [0, 0.05) is 14.2 Å². The van der Waals surface area contributed by atoms with Crippen molar-refractivity contribution in [1.82, 2.24) is 9.36 Å². The lowest BCUT2D eigenvalue weighted by molar-refractivity contribution is -0.0842. The molecule has 1 aromatic heterocycles. The topological polar surface area (TPSA) is 44.2 Å². The molecule has 0 atom stereocenters. The van der Waals surface area contributed by atoms with Gasteiger partial charge in [-0.2, -0.15) is 4.37 Å². The van der Waals surface area contributed by atoms with E-state index in [9.17, 15) is 0 Å². The van der Waals surface area contributed by atoms with Crippen molar-refractivity contribution < 1.29 is 9.47 Å². The van der Waals surface area contributed by atoms with E-state index in [4.69, 9.17) is 9.47 Å². The van der Waals surface area contributed by atoms with Gasteiger partial charge in [-0.25, -0.2) is 4.98 Å². The van der Waals surface area contributed by atoms with Crippen LogP contribution in [0, 0.1) is 0 Å². The third-order valence-electron chi connectivity index (χ3n) is 1.21. The Hall–Kier alpha value is -0.170. The average molecular weight is 206 g/mol. The molecule has 0 saturated heterocycles. The number of hydrogen-bond acceptors (Lipinski definition) is 6. The molecule has 1 rings (SSSR count). The van der Waals surface area contributed by atoms with Gasteiger partial charge in [-0.3, -0.25) is 0 Å². The van der Waals surface area contributed by atoms with Crippen LogP contribution in [0.2, 0.25) is 0 Å². The second kappa shape index (κ2) is 5.47. The average Bonchev–Trinajstić information content (AvgIpc) is 2.59. The second-order valence-corrected chi connectivity index (χ2v) is 3.97. The van der Waals surface area contributed by atoms with E-state index < -0.39 is 0 Å². The zero-order valence-corrected chi connectivity index (χ0v) is 8.52. The fourth-order valence-electron chi connectivity index (χ4n) is 0.598. The lowest BCUT2D eigenvalue weighted by Gasteiger charge is -2.10. The first-order chi connectivity index (χ1) is 5.86. The first-order valence-corrected chi connectivity index (χ1v) is 5.07. The van der Waals surface area contributed by atoms with Gasteiger partial charge in [-0.1, -0.05) is 11.8 Å². The number of nitrogens with zero attached hydrogens (tertiary/aromatic N) is 2. The Morgan fingerprint density at radius 2 is 2.33 bits per heavy atom. The van der Waals surface area contributed by atoms with E-state index in [0.717, 1.165) is 10.1 Å². The van der Waals surface area contributed by atoms with Crippen molar-refractivity contribution in [2.75, 3.05) is 20.0 Å². The third-order valence-corrected chi connectivity index (χ3v) is 3.04. The van der Waals surface area contributed by atoms with Crippen LogP contribution in [-0.2, 0) is 9.47 Å². The quantitative estimate of drug-likeness (QED) is 0.536. The number of thioether (sulfide) groups is 1. The Balaban J connectivity index is 2.25. The Bertz CT molecular complexity index is 201. The molecule has 68 valence electrons. The van der Waals surface area contributed by atoms with Gasteiger partial charge in [0.15, 0.2) is 10.6 Å². The van der Waals surface area contributed by atoms with Gasteiger partial charge in [0.1, 0.15) is 6.33 Å². The second-order valence-electron chi connectivity index (χ2n) is 1.92. The molecule has 1 aromatic rings. The summed E-state index contributed by atoms with van der Waals surface area (Å²) in [6.45, 7) is 0. The Morgan fingerprint density at radius 1 is 1.58 bits per heavy atom. The van der Waals surface area contributed by atoms with Gasteiger partial charge < -0.3 is 9.47 Å². The molecule has 0 fully saturated rings. The summed E-state index contributed by atoms with van der Waals surface area (Å²) in [5.41, 5.74) is 0. The van der Waals surface area contributed by atoms with Crippen LogP contribution in [0.3, 0.4) is 0 Å². The fourth-order valence-corrected chi connectivity index (χ4v) is 2.09. The predicted molar refractivity (Wildman–Crippen MR) is 48.4 cm³/mol. The van der Waals surface area contributed by atoms with Crippen molar-refractivity contribution in [3.05, 3.63) is 6.33 Å². The fraction of sp³-hybridized carbons (Fsp3) is 0.667. The maximum Gasteiger partial charge on any atom is 0.169 e. The van der Waals surface area contributed by atoms with Crippen molar-refractivity contribution in [1.29, 1.82) is 0 Å². The summed E-state index contributed by atoms with van der Waals surface area (Å²) in [5, 5.41) is 0. The molecule has 12 heavy (non-hydrogen) atoms. The standard InChI is InChI=1S/C6H10N2O2S2/c1-9-5(10-2)3-11-6-7-4-8-12-6/h4-5H,3H2,1-2H3. The molecular weight excluding hydrogens is 196 g/mol. The van der Waals surface area contributed by atoms with Gasteiger partial charge in [0.2, 0.25) is 0 Å². The van der Waals surface area contributed by atoms with Crippen LogP contribution < -0.4 is 0 Å². The number of ether oxygens (including phenoxy) is 2. The lowest BCUT2D eigenvalue weighted by atomic mass is 10.7. The Kier molecular flexibility index (Phi) is 4.52. The summed E-state index contributed by atoms with van der Waals surface area (Å²) in [7, 11) is 3.24. The van der Waals surface area contributed by atoms with Crippen molar-refractivity contribution in [3.8, 4) is 0 Å². The maximum atomic E-state index is 5.01. The van der Waals surface area contributed by atoms with Crippen LogP contribution in [0.15, 0.2) is 10.7 Å². The van der Waals surface area contributed by atoms with Crippen LogP contribution in [0.4, 0.5) is 0 Å². The van der Waals surface area contributed by atoms with Crippen molar-refractivity contribution in [2.24, 2.45) is 0 Å². The minimum atomic E-state index is -0.168. The highest BCUT2D eigenvalue weighted by Gasteiger charge is 2.06. The maximum absolute atomic E-state index is 5.01. The predicted octanol–water partition coefficient (Wildman–Crippen LogP) is 1.25. The first kappa shape index (κ1) is 9.91. The normalized spacial score (nSPS) is 10.9. The van der Waals surface area contributed by atoms with E-state index in [-0.39, 0.29) is 6.29 Å². The van der Waals surface area contributed by atoms with Gasteiger partial charge in [-0.05, 0) is 11.5 Å². The lowest BCUT2D eigenvalue weighted by Crippen LogP contribution is -2.15. The highest BCUT2D eigenvalue weighted by molar-refractivity contribution is 8.00. The molecule has 4 nitrogen and oxygen atoms in total. The number of rotatable bonds is 5. The molecule has 0 aliphatic rings. The minimum absolute atomic E-state index is 0.168. The largest absolute Gasteiger partial charge is 0.355 e. The SMILES string of the molecule is COC(CSc1ncns1)OC. The summed E-state index contributed by atoms with van der Waals surface area (Å²) < 4.78 is 14.8. The molecule has 0 saturated carbocycles. The highest BCUT2D eigenvalue weighted by atomic mass is 32.2. The zero-order chi connectivity index (χ0) is 8.81. The van der Waals surface area contributed by atoms with E-state index >= 15 is 0 Å². The van der Waals surface area contributed by atoms with E-state index in [0.29, 0.717) is 0 Å². The molecule has 0 aliphatic carbocycles. The smallest absolute Gasteiger partial charge is 0.169 e. The van der Waals surface area contributed by atoms with E-state index in [2.05, 4.69) is 9.36 Å². The minimum Gasteiger partial charge on any atom is -0.355 e. The van der Waals surface area contributed by atoms with Crippen LogP contribution >= 0.6 is 23.3 Å². The molecule has 1 heterocycles. The molecule has 0 spiro atoms. The summed E-state index contributed by atoms with van der Waals surface area (Å²) >= 11 is 2.96. The molecule has 0 aliphatic heterocycles. The van der Waals surface area contributed by atoms with Crippen molar-refractivity contribution in [2.45, 2.75) is 10.6 Å². The third kappa shape index (κ3) is 3.06. The molecule has 0 aromatic carbocycles. The Morgan fingerprint density at radius 3 is 2.83 bits per heavy atom. The monoisotopic (exact) mass is 206 g/mol. The van der Waals surface area contributed by atoms with Crippen LogP contribution in [0.1, 0.15) is 0 Å². The molecule has 0 amide bonds. The summed E-state index contributed by atoms with van der Waals surface area (Å²) in [6.07, 6.45) is 1.38. The first-order valence-electron chi connectivity index (χ1n) is 3.32. The molecule has 0 radical (unpaired) electrons. The van der Waals surface area contributed by atoms with Crippen molar-refractivity contribution in [3.63, 3.8) is 0 Å². The van der Waals surface area contributed by atoms with Crippen LogP contribution in [0.25, 0.3) is 0 Å². The van der Waals surface area contributed by atoms with Gasteiger partial charge >= 0.3 is 0 Å². The van der Waals surface area contributed by atoms with Crippen molar-refractivity contribution >= 4 is 23.3 Å². The van der Waals surface area contributed by atoms with Crippen LogP contribution in [-0.4, -0.2) is 35.6 Å². The van der Waals surface area contributed by atoms with Gasteiger partial charge in [0.25, 0.3) is 0 Å². The molecule has 0 N–H and O–H groups in total. The highest BCUT2D eigenvalue weighted by Crippen LogP contribution is 2.19. The van der Waals surface area contributed by atoms with E-state index in [1.165, 1.54) is 11.5 Å². The molecule has 0 bridgehead atoms. The summed E-state index contributed by atoms with van der Waals surface area (Å²) in [6, 6.07) is 0. The number of methoxy groups -OCH3 is 2. The van der Waals surface area contributed by atoms with Crippen LogP contribution in [0.5, 0.6) is 0 Å². The number of hydrogen-bond donors (Lipinski definition) is 0. The molecular formula is C6H10N2O2S2. The van der Waals surface area contributed by atoms with E-state index in [1.807, 2.05) is 0 Å². The molecule has 6 heteroatoms. The Labute approximate surface area is 79.5 Å². The number of aromatic nitrogens is 2. The summed E-state index contributed by atoms with van der Waals surface area (Å²) in [4.78, 5) is 4.02. The van der Waals surface area contributed by atoms with E-state index in [1.54, 1.807) is 32.3 Å². The van der Waals surface area contributed by atoms with Gasteiger partial charge in [-0.15, -0.1) is 0 Å². The summed E-state index contributed by atoms with van der Waals surface area (Å²) in [5.74, 6) is 0.738. The molecule has 0 unspecified atom stereocenters. The zero-order valence-electron chi connectivity index (χ0n) is 6.89. The van der Waals surface area contributed by atoms with Gasteiger partial charge in [0.05, 0.1) is 5.75 Å².